The van der Waals surface area contributed by atoms with Crippen molar-refractivity contribution in [3.8, 4) is 5.75 Å². The minimum atomic E-state index is -0.450. The van der Waals surface area contributed by atoms with Gasteiger partial charge in [-0.05, 0) is 20.8 Å². The zero-order chi connectivity index (χ0) is 11.6. The number of halogens is 1. The lowest BCUT2D eigenvalue weighted by Gasteiger charge is -2.23. The molecule has 0 saturated heterocycles. The third kappa shape index (κ3) is 3.01. The lowest BCUT2D eigenvalue weighted by molar-refractivity contribution is 0.387. The fraction of sp³-hybridized carbons (Fsp3) is 0.455. The average Bonchev–Trinajstić information content (AvgIpc) is 2.07. The molecular formula is C11H17FN2O. The van der Waals surface area contributed by atoms with Crippen molar-refractivity contribution >= 4 is 11.4 Å². The number of nitrogens with one attached hydrogen (secondary N) is 1. The van der Waals surface area contributed by atoms with Crippen molar-refractivity contribution < 1.29 is 9.13 Å². The van der Waals surface area contributed by atoms with E-state index in [4.69, 9.17) is 10.5 Å². The summed E-state index contributed by atoms with van der Waals surface area (Å²) in [5.74, 6) is -0.259. The first-order valence-electron chi connectivity index (χ1n) is 4.74. The zero-order valence-electron chi connectivity index (χ0n) is 9.52. The minimum Gasteiger partial charge on any atom is -0.494 e. The van der Waals surface area contributed by atoms with Crippen LogP contribution in [0.5, 0.6) is 5.75 Å². The van der Waals surface area contributed by atoms with Gasteiger partial charge >= 0.3 is 0 Å². The standard InChI is InChI=1S/C11H17FN2O/c1-11(2,3)14-9-6-10(15-4)7(12)5-8(9)13/h5-6,14H,13H2,1-4H3. The number of nitrogen functional groups attached to an aromatic ring is 1. The van der Waals surface area contributed by atoms with Gasteiger partial charge in [-0.25, -0.2) is 4.39 Å². The van der Waals surface area contributed by atoms with E-state index >= 15 is 0 Å². The molecule has 0 bridgehead atoms. The second-order valence-corrected chi connectivity index (χ2v) is 4.45. The van der Waals surface area contributed by atoms with Crippen molar-refractivity contribution in [1.82, 2.24) is 0 Å². The monoisotopic (exact) mass is 212 g/mol. The van der Waals surface area contributed by atoms with Crippen molar-refractivity contribution in [1.29, 1.82) is 0 Å². The fourth-order valence-corrected chi connectivity index (χ4v) is 1.24. The third-order valence-electron chi connectivity index (χ3n) is 1.83. The number of rotatable bonds is 2. The van der Waals surface area contributed by atoms with Crippen LogP contribution in [-0.2, 0) is 0 Å². The summed E-state index contributed by atoms with van der Waals surface area (Å²) in [5, 5.41) is 3.18. The summed E-state index contributed by atoms with van der Waals surface area (Å²) in [5.41, 5.74) is 6.63. The Morgan fingerprint density at radius 2 is 1.93 bits per heavy atom. The van der Waals surface area contributed by atoms with Gasteiger partial charge in [0.1, 0.15) is 0 Å². The summed E-state index contributed by atoms with van der Waals surface area (Å²) < 4.78 is 18.1. The maximum absolute atomic E-state index is 13.2. The topological polar surface area (TPSA) is 47.3 Å². The Labute approximate surface area is 89.4 Å². The molecule has 0 atom stereocenters. The Bertz CT molecular complexity index is 358. The summed E-state index contributed by atoms with van der Waals surface area (Å²) >= 11 is 0. The number of ether oxygens (including phenoxy) is 1. The van der Waals surface area contributed by atoms with Gasteiger partial charge in [0.05, 0.1) is 18.5 Å². The van der Waals surface area contributed by atoms with Gasteiger partial charge in [-0.2, -0.15) is 0 Å². The molecule has 0 amide bonds. The van der Waals surface area contributed by atoms with E-state index in [0.717, 1.165) is 0 Å². The predicted octanol–water partition coefficient (Wildman–Crippen LogP) is 2.63. The SMILES string of the molecule is COc1cc(NC(C)(C)C)c(N)cc1F. The van der Waals surface area contributed by atoms with Gasteiger partial charge in [0.25, 0.3) is 0 Å². The van der Waals surface area contributed by atoms with E-state index in [2.05, 4.69) is 5.32 Å². The van der Waals surface area contributed by atoms with E-state index in [0.29, 0.717) is 11.4 Å². The van der Waals surface area contributed by atoms with Crippen LogP contribution in [0.1, 0.15) is 20.8 Å². The van der Waals surface area contributed by atoms with Crippen LogP contribution in [0.4, 0.5) is 15.8 Å². The highest BCUT2D eigenvalue weighted by Crippen LogP contribution is 2.29. The van der Waals surface area contributed by atoms with Gasteiger partial charge in [0, 0.05) is 17.7 Å². The first-order valence-corrected chi connectivity index (χ1v) is 4.74. The maximum atomic E-state index is 13.2. The predicted molar refractivity (Wildman–Crippen MR) is 60.7 cm³/mol. The van der Waals surface area contributed by atoms with E-state index in [9.17, 15) is 4.39 Å². The summed E-state index contributed by atoms with van der Waals surface area (Å²) in [7, 11) is 1.43. The van der Waals surface area contributed by atoms with E-state index in [1.54, 1.807) is 6.07 Å². The highest BCUT2D eigenvalue weighted by atomic mass is 19.1. The molecule has 0 aliphatic heterocycles. The molecule has 3 nitrogen and oxygen atoms in total. The molecule has 15 heavy (non-hydrogen) atoms. The number of nitrogens with two attached hydrogens (primary N) is 1. The number of methoxy groups -OCH3 is 1. The van der Waals surface area contributed by atoms with Gasteiger partial charge in [-0.1, -0.05) is 0 Å². The van der Waals surface area contributed by atoms with Gasteiger partial charge < -0.3 is 15.8 Å². The molecule has 1 aromatic rings. The largest absolute Gasteiger partial charge is 0.494 e. The Hall–Kier alpha value is -1.45. The lowest BCUT2D eigenvalue weighted by atomic mass is 10.1. The van der Waals surface area contributed by atoms with Gasteiger partial charge in [0.15, 0.2) is 11.6 Å². The molecular weight excluding hydrogens is 195 g/mol. The Morgan fingerprint density at radius 3 is 2.40 bits per heavy atom. The van der Waals surface area contributed by atoms with Crippen LogP contribution in [0.15, 0.2) is 12.1 Å². The number of hydrogen-bond donors (Lipinski definition) is 2. The van der Waals surface area contributed by atoms with Crippen molar-refractivity contribution in [2.75, 3.05) is 18.2 Å². The van der Waals surface area contributed by atoms with Crippen LogP contribution in [0.25, 0.3) is 0 Å². The van der Waals surface area contributed by atoms with Crippen LogP contribution >= 0.6 is 0 Å². The first-order chi connectivity index (χ1) is 6.83. The average molecular weight is 212 g/mol. The molecule has 0 heterocycles. The van der Waals surface area contributed by atoms with Crippen molar-refractivity contribution in [3.05, 3.63) is 17.9 Å². The second-order valence-electron chi connectivity index (χ2n) is 4.45. The van der Waals surface area contributed by atoms with Crippen molar-refractivity contribution in [3.63, 3.8) is 0 Å². The molecule has 0 aliphatic rings. The molecule has 0 aromatic heterocycles. The quantitative estimate of drug-likeness (QED) is 0.741. The van der Waals surface area contributed by atoms with Gasteiger partial charge in [-0.15, -0.1) is 0 Å². The van der Waals surface area contributed by atoms with Gasteiger partial charge in [-0.3, -0.25) is 0 Å². The van der Waals surface area contributed by atoms with E-state index < -0.39 is 5.82 Å². The molecule has 4 heteroatoms. The molecule has 0 fully saturated rings. The molecule has 0 spiro atoms. The molecule has 0 aliphatic carbocycles. The third-order valence-corrected chi connectivity index (χ3v) is 1.83. The maximum Gasteiger partial charge on any atom is 0.167 e. The number of hydrogen-bond acceptors (Lipinski definition) is 3. The second kappa shape index (κ2) is 3.96. The molecule has 1 rings (SSSR count). The lowest BCUT2D eigenvalue weighted by Crippen LogP contribution is -2.26. The van der Waals surface area contributed by atoms with Crippen LogP contribution in [0.2, 0.25) is 0 Å². The molecule has 0 saturated carbocycles. The van der Waals surface area contributed by atoms with Crippen LogP contribution in [0.3, 0.4) is 0 Å². The summed E-state index contributed by atoms with van der Waals surface area (Å²) in [6.45, 7) is 6.01. The summed E-state index contributed by atoms with van der Waals surface area (Å²) in [6, 6.07) is 2.82. The molecule has 0 unspecified atom stereocenters. The van der Waals surface area contributed by atoms with Crippen LogP contribution in [0, 0.1) is 5.82 Å². The minimum absolute atomic E-state index is 0.128. The van der Waals surface area contributed by atoms with Crippen LogP contribution < -0.4 is 15.8 Å². The highest BCUT2D eigenvalue weighted by molar-refractivity contribution is 5.69. The van der Waals surface area contributed by atoms with E-state index in [1.165, 1.54) is 13.2 Å². The summed E-state index contributed by atoms with van der Waals surface area (Å²) in [4.78, 5) is 0. The molecule has 1 aromatic carbocycles. The molecule has 3 N–H and O–H groups in total. The van der Waals surface area contributed by atoms with E-state index in [-0.39, 0.29) is 11.3 Å². The fourth-order valence-electron chi connectivity index (χ4n) is 1.24. The van der Waals surface area contributed by atoms with E-state index in [1.807, 2.05) is 20.8 Å². The smallest absolute Gasteiger partial charge is 0.167 e. The van der Waals surface area contributed by atoms with Crippen molar-refractivity contribution in [2.45, 2.75) is 26.3 Å². The Balaban J connectivity index is 3.08. The molecule has 84 valence electrons. The van der Waals surface area contributed by atoms with Crippen LogP contribution in [-0.4, -0.2) is 12.6 Å². The zero-order valence-corrected chi connectivity index (χ0v) is 9.52. The number of anilines is 2. The van der Waals surface area contributed by atoms with Crippen molar-refractivity contribution in [2.24, 2.45) is 0 Å². The molecule has 0 radical (unpaired) electrons. The normalized spacial score (nSPS) is 11.3. The number of benzene rings is 1. The van der Waals surface area contributed by atoms with Gasteiger partial charge in [0.2, 0.25) is 0 Å². The Morgan fingerprint density at radius 1 is 1.33 bits per heavy atom. The highest BCUT2D eigenvalue weighted by Gasteiger charge is 2.14. The first kappa shape index (κ1) is 11.6. The summed E-state index contributed by atoms with van der Waals surface area (Å²) in [6.07, 6.45) is 0. The Kier molecular flexibility index (Phi) is 3.07.